The van der Waals surface area contributed by atoms with Crippen molar-refractivity contribution >= 4 is 7.12 Å². The summed E-state index contributed by atoms with van der Waals surface area (Å²) in [7, 11) is -0.188. The Morgan fingerprint density at radius 2 is 1.68 bits per heavy atom. The summed E-state index contributed by atoms with van der Waals surface area (Å²) >= 11 is 0. The topological polar surface area (TPSA) is 18.5 Å². The van der Waals surface area contributed by atoms with Crippen LogP contribution in [-0.4, -0.2) is 18.3 Å². The Bertz CT molecular complexity index is 536. The lowest BCUT2D eigenvalue weighted by atomic mass is 9.67. The van der Waals surface area contributed by atoms with Crippen LogP contribution in [0.2, 0.25) is 0 Å². The van der Waals surface area contributed by atoms with E-state index in [4.69, 9.17) is 9.31 Å². The molecule has 120 valence electrons. The molecule has 1 fully saturated rings. The third-order valence-electron chi connectivity index (χ3n) is 5.73. The first-order valence-electron chi connectivity index (χ1n) is 8.73. The van der Waals surface area contributed by atoms with Crippen molar-refractivity contribution in [3.05, 3.63) is 34.3 Å². The van der Waals surface area contributed by atoms with E-state index in [2.05, 4.69) is 46.8 Å². The fourth-order valence-electron chi connectivity index (χ4n) is 3.55. The number of allylic oxidation sites excluding steroid dienone is 6. The Labute approximate surface area is 135 Å². The van der Waals surface area contributed by atoms with Crippen LogP contribution < -0.4 is 0 Å². The van der Waals surface area contributed by atoms with Gasteiger partial charge < -0.3 is 9.31 Å². The summed E-state index contributed by atoms with van der Waals surface area (Å²) in [5.74, 6) is 0. The molecule has 0 aromatic heterocycles. The molecule has 0 bridgehead atoms. The summed E-state index contributed by atoms with van der Waals surface area (Å²) < 4.78 is 12.7. The van der Waals surface area contributed by atoms with Gasteiger partial charge in [0.1, 0.15) is 0 Å². The first-order chi connectivity index (χ1) is 10.3. The molecule has 0 atom stereocenters. The van der Waals surface area contributed by atoms with E-state index in [1.165, 1.54) is 42.3 Å². The lowest BCUT2D eigenvalue weighted by Gasteiger charge is -2.32. The second-order valence-electron chi connectivity index (χ2n) is 8.00. The van der Waals surface area contributed by atoms with Crippen molar-refractivity contribution < 1.29 is 9.31 Å². The average Bonchev–Trinajstić information content (AvgIpc) is 2.68. The highest BCUT2D eigenvalue weighted by Crippen LogP contribution is 2.43. The van der Waals surface area contributed by atoms with Crippen LogP contribution in [0.15, 0.2) is 34.3 Å². The van der Waals surface area contributed by atoms with Crippen molar-refractivity contribution in [1.29, 1.82) is 0 Å². The molecule has 1 heterocycles. The van der Waals surface area contributed by atoms with Crippen molar-refractivity contribution in [2.75, 3.05) is 0 Å². The van der Waals surface area contributed by atoms with Gasteiger partial charge in [0.2, 0.25) is 0 Å². The monoisotopic (exact) mass is 300 g/mol. The van der Waals surface area contributed by atoms with Crippen LogP contribution in [0.5, 0.6) is 0 Å². The summed E-state index contributed by atoms with van der Waals surface area (Å²) in [6.07, 6.45) is 11.9. The van der Waals surface area contributed by atoms with Gasteiger partial charge in [-0.1, -0.05) is 17.7 Å². The second-order valence-corrected chi connectivity index (χ2v) is 8.00. The van der Waals surface area contributed by atoms with Gasteiger partial charge in [0.05, 0.1) is 11.2 Å². The van der Waals surface area contributed by atoms with Crippen molar-refractivity contribution in [2.24, 2.45) is 0 Å². The smallest absolute Gasteiger partial charge is 0.400 e. The third-order valence-corrected chi connectivity index (χ3v) is 5.73. The Morgan fingerprint density at radius 3 is 2.27 bits per heavy atom. The molecule has 3 aliphatic rings. The molecular formula is C19H29BO2. The summed E-state index contributed by atoms with van der Waals surface area (Å²) in [4.78, 5) is 0. The van der Waals surface area contributed by atoms with Gasteiger partial charge in [-0.3, -0.25) is 0 Å². The lowest BCUT2D eigenvalue weighted by Crippen LogP contribution is -2.41. The van der Waals surface area contributed by atoms with Crippen LogP contribution in [0.1, 0.15) is 73.1 Å². The highest BCUT2D eigenvalue weighted by atomic mass is 16.7. The van der Waals surface area contributed by atoms with Gasteiger partial charge >= 0.3 is 7.12 Å². The van der Waals surface area contributed by atoms with Gasteiger partial charge in [-0.25, -0.2) is 0 Å². The maximum Gasteiger partial charge on any atom is 0.491 e. The molecule has 0 radical (unpaired) electrons. The van der Waals surface area contributed by atoms with Crippen LogP contribution in [0.3, 0.4) is 0 Å². The molecule has 2 nitrogen and oxygen atoms in total. The minimum atomic E-state index is -0.258. The highest BCUT2D eigenvalue weighted by molar-refractivity contribution is 6.55. The van der Waals surface area contributed by atoms with Gasteiger partial charge in [-0.2, -0.15) is 0 Å². The second kappa shape index (κ2) is 5.69. The van der Waals surface area contributed by atoms with Crippen LogP contribution in [0.4, 0.5) is 0 Å². The van der Waals surface area contributed by atoms with Crippen LogP contribution in [-0.2, 0) is 9.31 Å². The van der Waals surface area contributed by atoms with Crippen molar-refractivity contribution in [1.82, 2.24) is 0 Å². The quantitative estimate of drug-likeness (QED) is 0.518. The van der Waals surface area contributed by atoms with E-state index in [-0.39, 0.29) is 18.3 Å². The van der Waals surface area contributed by atoms with Gasteiger partial charge in [-0.05, 0) is 89.8 Å². The van der Waals surface area contributed by atoms with Crippen LogP contribution in [0.25, 0.3) is 0 Å². The molecule has 3 rings (SSSR count). The van der Waals surface area contributed by atoms with Gasteiger partial charge in [0, 0.05) is 0 Å². The lowest BCUT2D eigenvalue weighted by molar-refractivity contribution is 0.00578. The van der Waals surface area contributed by atoms with Crippen LogP contribution in [0, 0.1) is 0 Å². The fraction of sp³-hybridized carbons (Fsp3) is 0.684. The van der Waals surface area contributed by atoms with Gasteiger partial charge in [0.25, 0.3) is 0 Å². The van der Waals surface area contributed by atoms with Gasteiger partial charge in [0.15, 0.2) is 0 Å². The molecule has 0 amide bonds. The molecule has 2 aliphatic carbocycles. The maximum absolute atomic E-state index is 6.34. The number of hydrogen-bond donors (Lipinski definition) is 0. The molecular weight excluding hydrogens is 271 g/mol. The Kier molecular flexibility index (Phi) is 4.15. The van der Waals surface area contributed by atoms with Crippen molar-refractivity contribution in [3.8, 4) is 0 Å². The summed E-state index contributed by atoms with van der Waals surface area (Å²) in [5.41, 5.74) is 5.32. The summed E-state index contributed by atoms with van der Waals surface area (Å²) in [6, 6.07) is 0. The van der Waals surface area contributed by atoms with E-state index in [1.807, 2.05) is 0 Å². The highest BCUT2D eigenvalue weighted by Gasteiger charge is 2.52. The largest absolute Gasteiger partial charge is 0.491 e. The Morgan fingerprint density at radius 1 is 1.00 bits per heavy atom. The number of hydrogen-bond acceptors (Lipinski definition) is 2. The maximum atomic E-state index is 6.34. The molecule has 3 heteroatoms. The first kappa shape index (κ1) is 16.1. The first-order valence-corrected chi connectivity index (χ1v) is 8.73. The Hall–Kier alpha value is -0.795. The van der Waals surface area contributed by atoms with Crippen molar-refractivity contribution in [3.63, 3.8) is 0 Å². The average molecular weight is 300 g/mol. The third kappa shape index (κ3) is 2.86. The van der Waals surface area contributed by atoms with Gasteiger partial charge in [-0.15, -0.1) is 0 Å². The molecule has 22 heavy (non-hydrogen) atoms. The van der Waals surface area contributed by atoms with E-state index >= 15 is 0 Å². The van der Waals surface area contributed by atoms with E-state index in [0.717, 1.165) is 12.8 Å². The normalized spacial score (nSPS) is 27.8. The van der Waals surface area contributed by atoms with Crippen molar-refractivity contribution in [2.45, 2.75) is 84.3 Å². The van der Waals surface area contributed by atoms with E-state index in [9.17, 15) is 0 Å². The molecule has 0 unspecified atom stereocenters. The van der Waals surface area contributed by atoms with E-state index < -0.39 is 0 Å². The zero-order valence-corrected chi connectivity index (χ0v) is 14.8. The zero-order chi connectivity index (χ0) is 16.0. The summed E-state index contributed by atoms with van der Waals surface area (Å²) in [5, 5.41) is 0. The van der Waals surface area contributed by atoms with E-state index in [1.54, 1.807) is 5.57 Å². The predicted octanol–water partition coefficient (Wildman–Crippen LogP) is 5.15. The molecule has 0 aromatic rings. The molecule has 0 N–H and O–H groups in total. The minimum Gasteiger partial charge on any atom is -0.400 e. The molecule has 0 spiro atoms. The zero-order valence-electron chi connectivity index (χ0n) is 14.8. The number of rotatable bonds is 2. The standard InChI is InChI=1S/C19H29BO2/c1-14-11-12-16(15-9-7-6-8-10-15)17(13-14)20-21-18(2,3)19(4,5)22-20/h9,11H,6-8,10,12-13H2,1-5H3. The predicted molar refractivity (Wildman–Crippen MR) is 92.7 cm³/mol. The molecule has 1 saturated heterocycles. The fourth-order valence-corrected chi connectivity index (χ4v) is 3.55. The SMILES string of the molecule is CC1=CCC(C2=CCCCC2)=C(B2OC(C)(C)C(C)(C)O2)C1. The molecule has 0 saturated carbocycles. The minimum absolute atomic E-state index is 0.188. The summed E-state index contributed by atoms with van der Waals surface area (Å²) in [6.45, 7) is 10.8. The Balaban J connectivity index is 1.94. The molecule has 0 aromatic carbocycles. The molecule has 1 aliphatic heterocycles. The van der Waals surface area contributed by atoms with E-state index in [0.29, 0.717) is 0 Å². The van der Waals surface area contributed by atoms with Crippen LogP contribution >= 0.6 is 0 Å².